The van der Waals surface area contributed by atoms with Crippen LogP contribution in [0.1, 0.15) is 36.5 Å². The standard InChI is InChI=1S/C27H26N2O5/c1-27(2,25(31)32)29-24(30)15-17-11-13-18(14-12-17)28-26(33)34-16-23-21-9-5-3-7-19(21)20-8-4-6-10-22(20)23/h3-14,23H,15-16H2,1-2H3,(H,28,33)(H,29,30)(H,31,32). The van der Waals surface area contributed by atoms with E-state index in [2.05, 4.69) is 34.9 Å². The molecule has 0 radical (unpaired) electrons. The van der Waals surface area contributed by atoms with Gasteiger partial charge in [0.25, 0.3) is 0 Å². The van der Waals surface area contributed by atoms with Crippen molar-refractivity contribution in [3.8, 4) is 11.1 Å². The number of rotatable bonds is 7. The van der Waals surface area contributed by atoms with Crippen molar-refractivity contribution in [1.82, 2.24) is 5.32 Å². The van der Waals surface area contributed by atoms with Crippen molar-refractivity contribution < 1.29 is 24.2 Å². The maximum absolute atomic E-state index is 12.4. The number of fused-ring (bicyclic) bond motifs is 3. The molecule has 7 nitrogen and oxygen atoms in total. The van der Waals surface area contributed by atoms with Crippen LogP contribution in [-0.2, 0) is 20.7 Å². The Balaban J connectivity index is 1.33. The van der Waals surface area contributed by atoms with E-state index in [9.17, 15) is 14.4 Å². The van der Waals surface area contributed by atoms with Crippen molar-refractivity contribution in [2.24, 2.45) is 0 Å². The van der Waals surface area contributed by atoms with E-state index in [0.29, 0.717) is 11.3 Å². The minimum atomic E-state index is -1.34. The Morgan fingerprint density at radius 2 is 1.44 bits per heavy atom. The molecule has 0 spiro atoms. The number of carbonyl (C=O) groups excluding carboxylic acids is 2. The fourth-order valence-corrected chi connectivity index (χ4v) is 4.09. The van der Waals surface area contributed by atoms with Gasteiger partial charge in [0, 0.05) is 11.6 Å². The van der Waals surface area contributed by atoms with Crippen LogP contribution < -0.4 is 10.6 Å². The molecule has 0 fully saturated rings. The van der Waals surface area contributed by atoms with Crippen LogP contribution in [-0.4, -0.2) is 35.2 Å². The van der Waals surface area contributed by atoms with Crippen LogP contribution in [0.15, 0.2) is 72.8 Å². The largest absolute Gasteiger partial charge is 0.480 e. The molecule has 0 unspecified atom stereocenters. The van der Waals surface area contributed by atoms with Gasteiger partial charge in [-0.1, -0.05) is 60.7 Å². The first-order valence-corrected chi connectivity index (χ1v) is 11.0. The average molecular weight is 459 g/mol. The highest BCUT2D eigenvalue weighted by Gasteiger charge is 2.30. The lowest BCUT2D eigenvalue weighted by molar-refractivity contribution is -0.145. The smallest absolute Gasteiger partial charge is 0.411 e. The molecule has 1 aliphatic carbocycles. The summed E-state index contributed by atoms with van der Waals surface area (Å²) in [6.45, 7) is 3.07. The Morgan fingerprint density at radius 1 is 0.882 bits per heavy atom. The molecule has 1 aliphatic rings. The molecule has 2 amide bonds. The Labute approximate surface area is 197 Å². The first-order chi connectivity index (χ1) is 16.2. The van der Waals surface area contributed by atoms with Gasteiger partial charge in [-0.25, -0.2) is 9.59 Å². The quantitative estimate of drug-likeness (QED) is 0.481. The molecule has 0 atom stereocenters. The maximum atomic E-state index is 12.4. The first kappa shape index (κ1) is 23.0. The van der Waals surface area contributed by atoms with E-state index >= 15 is 0 Å². The highest BCUT2D eigenvalue weighted by atomic mass is 16.5. The summed E-state index contributed by atoms with van der Waals surface area (Å²) >= 11 is 0. The van der Waals surface area contributed by atoms with Crippen molar-refractivity contribution in [3.63, 3.8) is 0 Å². The van der Waals surface area contributed by atoms with Gasteiger partial charge in [0.2, 0.25) is 5.91 Å². The van der Waals surface area contributed by atoms with Crippen molar-refractivity contribution in [3.05, 3.63) is 89.5 Å². The average Bonchev–Trinajstić information content (AvgIpc) is 3.12. The van der Waals surface area contributed by atoms with Crippen molar-refractivity contribution in [2.45, 2.75) is 31.7 Å². The van der Waals surface area contributed by atoms with Crippen LogP contribution in [0.5, 0.6) is 0 Å². The lowest BCUT2D eigenvalue weighted by Crippen LogP contribution is -2.50. The molecule has 0 bridgehead atoms. The van der Waals surface area contributed by atoms with Crippen LogP contribution in [0.25, 0.3) is 11.1 Å². The van der Waals surface area contributed by atoms with E-state index in [-0.39, 0.29) is 18.9 Å². The van der Waals surface area contributed by atoms with Gasteiger partial charge in [0.1, 0.15) is 12.1 Å². The minimum Gasteiger partial charge on any atom is -0.480 e. The van der Waals surface area contributed by atoms with Gasteiger partial charge in [0.15, 0.2) is 0 Å². The number of amides is 2. The lowest BCUT2D eigenvalue weighted by atomic mass is 9.98. The summed E-state index contributed by atoms with van der Waals surface area (Å²) in [5, 5.41) is 14.3. The molecule has 0 aromatic heterocycles. The molecule has 34 heavy (non-hydrogen) atoms. The van der Waals surface area contributed by atoms with Gasteiger partial charge < -0.3 is 15.2 Å². The highest BCUT2D eigenvalue weighted by Crippen LogP contribution is 2.44. The summed E-state index contributed by atoms with van der Waals surface area (Å²) in [6, 6.07) is 23.0. The van der Waals surface area contributed by atoms with Crippen molar-refractivity contribution in [1.29, 1.82) is 0 Å². The number of carboxylic acids is 1. The van der Waals surface area contributed by atoms with Crippen LogP contribution >= 0.6 is 0 Å². The molecular weight excluding hydrogens is 432 g/mol. The fourth-order valence-electron chi connectivity index (χ4n) is 4.09. The Bertz CT molecular complexity index is 1190. The predicted octanol–water partition coefficient (Wildman–Crippen LogP) is 4.57. The number of carbonyl (C=O) groups is 3. The van der Waals surface area contributed by atoms with Gasteiger partial charge >= 0.3 is 12.1 Å². The van der Waals surface area contributed by atoms with Crippen molar-refractivity contribution in [2.75, 3.05) is 11.9 Å². The molecule has 0 aliphatic heterocycles. The van der Waals surface area contributed by atoms with Gasteiger partial charge in [-0.3, -0.25) is 10.1 Å². The summed E-state index contributed by atoms with van der Waals surface area (Å²) < 4.78 is 5.55. The fraction of sp³-hybridized carbons (Fsp3) is 0.222. The molecule has 3 aromatic rings. The van der Waals surface area contributed by atoms with E-state index < -0.39 is 23.5 Å². The third-order valence-corrected chi connectivity index (χ3v) is 5.90. The maximum Gasteiger partial charge on any atom is 0.411 e. The Kier molecular flexibility index (Phi) is 6.36. The van der Waals surface area contributed by atoms with E-state index in [0.717, 1.165) is 11.1 Å². The van der Waals surface area contributed by atoms with Crippen LogP contribution in [0, 0.1) is 0 Å². The predicted molar refractivity (Wildman–Crippen MR) is 129 cm³/mol. The molecule has 3 N–H and O–H groups in total. The van der Waals surface area contributed by atoms with Gasteiger partial charge in [-0.2, -0.15) is 0 Å². The van der Waals surface area contributed by atoms with Crippen LogP contribution in [0.4, 0.5) is 10.5 Å². The second kappa shape index (κ2) is 9.39. The van der Waals surface area contributed by atoms with Gasteiger partial charge in [-0.15, -0.1) is 0 Å². The number of anilines is 1. The summed E-state index contributed by atoms with van der Waals surface area (Å²) in [6.07, 6.45) is -0.530. The number of ether oxygens (including phenoxy) is 1. The zero-order valence-corrected chi connectivity index (χ0v) is 19.0. The lowest BCUT2D eigenvalue weighted by Gasteiger charge is -2.21. The van der Waals surface area contributed by atoms with E-state index in [1.807, 2.05) is 24.3 Å². The van der Waals surface area contributed by atoms with Crippen LogP contribution in [0.2, 0.25) is 0 Å². The number of aliphatic carboxylic acids is 1. The normalized spacial score (nSPS) is 12.4. The summed E-state index contributed by atoms with van der Waals surface area (Å²) in [4.78, 5) is 35.7. The van der Waals surface area contributed by atoms with E-state index in [4.69, 9.17) is 9.84 Å². The molecule has 174 valence electrons. The van der Waals surface area contributed by atoms with E-state index in [1.54, 1.807) is 24.3 Å². The minimum absolute atomic E-state index is 0.0194. The summed E-state index contributed by atoms with van der Waals surface area (Å²) in [7, 11) is 0. The summed E-state index contributed by atoms with van der Waals surface area (Å²) in [5.74, 6) is -1.53. The van der Waals surface area contributed by atoms with Crippen molar-refractivity contribution >= 4 is 23.7 Å². The van der Waals surface area contributed by atoms with E-state index in [1.165, 1.54) is 25.0 Å². The third-order valence-electron chi connectivity index (χ3n) is 5.90. The number of nitrogens with one attached hydrogen (secondary N) is 2. The monoisotopic (exact) mass is 458 g/mol. The number of hydrogen-bond acceptors (Lipinski definition) is 4. The number of hydrogen-bond donors (Lipinski definition) is 3. The summed E-state index contributed by atoms with van der Waals surface area (Å²) in [5.41, 5.74) is 4.50. The number of carboxylic acid groups (broad SMARTS) is 1. The second-order valence-corrected chi connectivity index (χ2v) is 8.80. The zero-order valence-electron chi connectivity index (χ0n) is 19.0. The second-order valence-electron chi connectivity index (χ2n) is 8.80. The molecule has 4 rings (SSSR count). The Hall–Kier alpha value is -4.13. The van der Waals surface area contributed by atoms with Crippen LogP contribution in [0.3, 0.4) is 0 Å². The Morgan fingerprint density at radius 3 is 2.00 bits per heavy atom. The molecular formula is C27H26N2O5. The van der Waals surface area contributed by atoms with Gasteiger partial charge in [-0.05, 0) is 53.8 Å². The zero-order chi connectivity index (χ0) is 24.3. The molecule has 7 heteroatoms. The molecule has 0 saturated heterocycles. The molecule has 3 aromatic carbocycles. The molecule has 0 heterocycles. The van der Waals surface area contributed by atoms with Gasteiger partial charge in [0.05, 0.1) is 6.42 Å². The number of benzene rings is 3. The molecule has 0 saturated carbocycles. The topological polar surface area (TPSA) is 105 Å². The first-order valence-electron chi connectivity index (χ1n) is 11.0. The third kappa shape index (κ3) is 4.93. The SMILES string of the molecule is CC(C)(NC(=O)Cc1ccc(NC(=O)OCC2c3ccccc3-c3ccccc32)cc1)C(=O)O. The highest BCUT2D eigenvalue weighted by molar-refractivity contribution is 5.88.